The first-order chi connectivity index (χ1) is 8.01. The second kappa shape index (κ2) is 4.83. The largest absolute Gasteiger partial charge is 0.384 e. The lowest BCUT2D eigenvalue weighted by molar-refractivity contribution is 0.367. The van der Waals surface area contributed by atoms with Crippen LogP contribution in [0.25, 0.3) is 0 Å². The molecule has 2 heterocycles. The molecular formula is C10H15N3O2S2. The van der Waals surface area contributed by atoms with Crippen LogP contribution in [0.1, 0.15) is 6.92 Å². The molecule has 1 aromatic rings. The first-order valence-corrected chi connectivity index (χ1v) is 7.92. The predicted molar refractivity (Wildman–Crippen MR) is 69.3 cm³/mol. The van der Waals surface area contributed by atoms with E-state index >= 15 is 0 Å². The molecule has 2 N–H and O–H groups in total. The fourth-order valence-electron chi connectivity index (χ4n) is 1.75. The number of anilines is 1. The standard InChI is InChI=1S/C10H15N3O2S2/c1-8-7-16-5-4-13(8)17(14,15)9-2-3-10(11)12-6-9/h2-3,6,8H,4-5,7H2,1H3,(H2,11,12). The zero-order chi connectivity index (χ0) is 12.5. The molecule has 0 aromatic carbocycles. The lowest BCUT2D eigenvalue weighted by Crippen LogP contribution is -2.44. The first kappa shape index (κ1) is 12.7. The summed E-state index contributed by atoms with van der Waals surface area (Å²) in [5.74, 6) is 2.00. The second-order valence-corrected chi connectivity index (χ2v) is 7.00. The highest BCUT2D eigenvalue weighted by Gasteiger charge is 2.31. The van der Waals surface area contributed by atoms with Gasteiger partial charge in [-0.15, -0.1) is 0 Å². The Morgan fingerprint density at radius 1 is 1.53 bits per heavy atom. The Bertz CT molecular complexity index is 487. The summed E-state index contributed by atoms with van der Waals surface area (Å²) in [7, 11) is -3.43. The van der Waals surface area contributed by atoms with Gasteiger partial charge in [-0.05, 0) is 19.1 Å². The molecule has 1 atom stereocenters. The maximum Gasteiger partial charge on any atom is 0.244 e. The van der Waals surface area contributed by atoms with Gasteiger partial charge in [0.25, 0.3) is 0 Å². The van der Waals surface area contributed by atoms with E-state index in [0.717, 1.165) is 11.5 Å². The Kier molecular flexibility index (Phi) is 3.60. The minimum absolute atomic E-state index is 0.0244. The van der Waals surface area contributed by atoms with E-state index in [-0.39, 0.29) is 10.9 Å². The third kappa shape index (κ3) is 2.56. The van der Waals surface area contributed by atoms with Crippen molar-refractivity contribution in [2.45, 2.75) is 17.9 Å². The summed E-state index contributed by atoms with van der Waals surface area (Å²) in [5.41, 5.74) is 5.45. The van der Waals surface area contributed by atoms with E-state index in [1.54, 1.807) is 11.8 Å². The van der Waals surface area contributed by atoms with Crippen LogP contribution in [-0.4, -0.2) is 41.8 Å². The van der Waals surface area contributed by atoms with Crippen LogP contribution in [0.5, 0.6) is 0 Å². The number of pyridine rings is 1. The van der Waals surface area contributed by atoms with Gasteiger partial charge in [0.05, 0.1) is 0 Å². The summed E-state index contributed by atoms with van der Waals surface area (Å²) in [6, 6.07) is 3.04. The van der Waals surface area contributed by atoms with Gasteiger partial charge in [-0.25, -0.2) is 13.4 Å². The van der Waals surface area contributed by atoms with Gasteiger partial charge in [0.1, 0.15) is 10.7 Å². The average molecular weight is 273 g/mol. The molecule has 0 bridgehead atoms. The Hall–Kier alpha value is -0.790. The zero-order valence-corrected chi connectivity index (χ0v) is 11.2. The van der Waals surface area contributed by atoms with Gasteiger partial charge in [-0.3, -0.25) is 0 Å². The van der Waals surface area contributed by atoms with Crippen molar-refractivity contribution in [1.29, 1.82) is 0 Å². The minimum Gasteiger partial charge on any atom is -0.384 e. The molecule has 17 heavy (non-hydrogen) atoms. The summed E-state index contributed by atoms with van der Waals surface area (Å²) >= 11 is 1.78. The molecular weight excluding hydrogens is 258 g/mol. The molecule has 0 spiro atoms. The zero-order valence-electron chi connectivity index (χ0n) is 9.54. The van der Waals surface area contributed by atoms with Crippen molar-refractivity contribution in [2.75, 3.05) is 23.8 Å². The minimum atomic E-state index is -3.43. The van der Waals surface area contributed by atoms with Crippen molar-refractivity contribution in [1.82, 2.24) is 9.29 Å². The maximum absolute atomic E-state index is 12.3. The van der Waals surface area contributed by atoms with Crippen LogP contribution >= 0.6 is 11.8 Å². The van der Waals surface area contributed by atoms with Gasteiger partial charge < -0.3 is 5.73 Å². The maximum atomic E-state index is 12.3. The normalized spacial score (nSPS) is 22.5. The van der Waals surface area contributed by atoms with Gasteiger partial charge in [0, 0.05) is 30.3 Å². The molecule has 1 aliphatic rings. The predicted octanol–water partition coefficient (Wildman–Crippen LogP) is 0.790. The van der Waals surface area contributed by atoms with Crippen LogP contribution in [0.4, 0.5) is 5.82 Å². The van der Waals surface area contributed by atoms with E-state index in [1.165, 1.54) is 22.6 Å². The summed E-state index contributed by atoms with van der Waals surface area (Å²) < 4.78 is 26.2. The third-order valence-corrected chi connectivity index (χ3v) is 5.86. The third-order valence-electron chi connectivity index (χ3n) is 2.67. The van der Waals surface area contributed by atoms with E-state index in [1.807, 2.05) is 6.92 Å². The number of hydrogen-bond acceptors (Lipinski definition) is 5. The van der Waals surface area contributed by atoms with Crippen molar-refractivity contribution in [2.24, 2.45) is 0 Å². The Morgan fingerprint density at radius 2 is 2.29 bits per heavy atom. The lowest BCUT2D eigenvalue weighted by Gasteiger charge is -2.31. The highest BCUT2D eigenvalue weighted by Crippen LogP contribution is 2.24. The average Bonchev–Trinajstić information content (AvgIpc) is 2.30. The van der Waals surface area contributed by atoms with Crippen LogP contribution in [-0.2, 0) is 10.0 Å². The van der Waals surface area contributed by atoms with Gasteiger partial charge in [-0.2, -0.15) is 16.1 Å². The van der Waals surface area contributed by atoms with Crippen LogP contribution in [0.15, 0.2) is 23.2 Å². The number of sulfonamides is 1. The second-order valence-electron chi connectivity index (χ2n) is 3.96. The summed E-state index contributed by atoms with van der Waals surface area (Å²) in [6.07, 6.45) is 1.32. The molecule has 0 saturated carbocycles. The molecule has 5 nitrogen and oxygen atoms in total. The molecule has 0 aliphatic carbocycles. The summed E-state index contributed by atoms with van der Waals surface area (Å²) in [4.78, 5) is 4.05. The van der Waals surface area contributed by atoms with E-state index in [2.05, 4.69) is 4.98 Å². The molecule has 1 unspecified atom stereocenters. The Labute approximate surface area is 105 Å². The number of rotatable bonds is 2. The topological polar surface area (TPSA) is 76.3 Å². The molecule has 7 heteroatoms. The van der Waals surface area contributed by atoms with Gasteiger partial charge in [0.2, 0.25) is 10.0 Å². The van der Waals surface area contributed by atoms with Crippen molar-refractivity contribution >= 4 is 27.6 Å². The molecule has 0 radical (unpaired) electrons. The lowest BCUT2D eigenvalue weighted by atomic mass is 10.4. The van der Waals surface area contributed by atoms with Crippen molar-refractivity contribution < 1.29 is 8.42 Å². The highest BCUT2D eigenvalue weighted by atomic mass is 32.2. The van der Waals surface area contributed by atoms with Gasteiger partial charge >= 0.3 is 0 Å². The van der Waals surface area contributed by atoms with Crippen molar-refractivity contribution in [3.05, 3.63) is 18.3 Å². The van der Waals surface area contributed by atoms with E-state index in [9.17, 15) is 8.42 Å². The molecule has 1 fully saturated rings. The fraction of sp³-hybridized carbons (Fsp3) is 0.500. The first-order valence-electron chi connectivity index (χ1n) is 5.33. The van der Waals surface area contributed by atoms with Gasteiger partial charge in [-0.1, -0.05) is 0 Å². The van der Waals surface area contributed by atoms with E-state index in [4.69, 9.17) is 5.73 Å². The summed E-state index contributed by atoms with van der Waals surface area (Å²) in [5, 5.41) is 0. The molecule has 2 rings (SSSR count). The number of thioether (sulfide) groups is 1. The van der Waals surface area contributed by atoms with Crippen LogP contribution in [0.2, 0.25) is 0 Å². The monoisotopic (exact) mass is 273 g/mol. The Morgan fingerprint density at radius 3 is 2.88 bits per heavy atom. The number of nitrogens with two attached hydrogens (primary N) is 1. The van der Waals surface area contributed by atoms with Gasteiger partial charge in [0.15, 0.2) is 0 Å². The number of hydrogen-bond donors (Lipinski definition) is 1. The van der Waals surface area contributed by atoms with Crippen LogP contribution in [0.3, 0.4) is 0 Å². The highest BCUT2D eigenvalue weighted by molar-refractivity contribution is 7.99. The van der Waals surface area contributed by atoms with Crippen molar-refractivity contribution in [3.8, 4) is 0 Å². The number of nitrogen functional groups attached to an aromatic ring is 1. The van der Waals surface area contributed by atoms with Crippen LogP contribution in [0, 0.1) is 0 Å². The van der Waals surface area contributed by atoms with Crippen molar-refractivity contribution in [3.63, 3.8) is 0 Å². The molecule has 1 aliphatic heterocycles. The number of aromatic nitrogens is 1. The molecule has 94 valence electrons. The van der Waals surface area contributed by atoms with E-state index < -0.39 is 10.0 Å². The molecule has 0 amide bonds. The van der Waals surface area contributed by atoms with E-state index in [0.29, 0.717) is 12.4 Å². The van der Waals surface area contributed by atoms with Crippen LogP contribution < -0.4 is 5.73 Å². The number of nitrogens with zero attached hydrogens (tertiary/aromatic N) is 2. The quantitative estimate of drug-likeness (QED) is 0.862. The fourth-order valence-corrected chi connectivity index (χ4v) is 4.55. The smallest absolute Gasteiger partial charge is 0.244 e. The Balaban J connectivity index is 2.32. The molecule has 1 aromatic heterocycles. The molecule has 1 saturated heterocycles. The SMILES string of the molecule is CC1CSCCN1S(=O)(=O)c1ccc(N)nc1. The summed E-state index contributed by atoms with van der Waals surface area (Å²) in [6.45, 7) is 2.48.